The van der Waals surface area contributed by atoms with Gasteiger partial charge in [-0.1, -0.05) is 12.2 Å². The number of aliphatic carboxylic acids is 1. The number of carbonyl (C=O) groups excluding carboxylic acids is 1. The van der Waals surface area contributed by atoms with Crippen molar-refractivity contribution in [1.82, 2.24) is 5.32 Å². The number of fused-ring (bicyclic) bond motifs is 2. The van der Waals surface area contributed by atoms with E-state index < -0.39 is 27.6 Å². The Balaban J connectivity index is 1.71. The van der Waals surface area contributed by atoms with Gasteiger partial charge in [0.05, 0.1) is 23.3 Å². The lowest BCUT2D eigenvalue weighted by molar-refractivity contribution is -0.147. The molecule has 1 aliphatic heterocycles. The van der Waals surface area contributed by atoms with Crippen LogP contribution < -0.4 is 5.32 Å². The molecule has 0 aromatic rings. The van der Waals surface area contributed by atoms with Crippen molar-refractivity contribution in [2.45, 2.75) is 18.9 Å². The average molecular weight is 299 g/mol. The van der Waals surface area contributed by atoms with Gasteiger partial charge in [-0.15, -0.1) is 0 Å². The summed E-state index contributed by atoms with van der Waals surface area (Å²) in [6, 6.07) is -0.370. The van der Waals surface area contributed by atoms with Crippen LogP contribution in [0.3, 0.4) is 0 Å². The number of amides is 1. The molecule has 0 radical (unpaired) electrons. The molecule has 7 heteroatoms. The molecule has 110 valence electrons. The monoisotopic (exact) mass is 299 g/mol. The smallest absolute Gasteiger partial charge is 0.307 e. The van der Waals surface area contributed by atoms with E-state index in [1.54, 1.807) is 0 Å². The quantitative estimate of drug-likeness (QED) is 0.704. The molecule has 0 unspecified atom stereocenters. The molecule has 2 N–H and O–H groups in total. The zero-order valence-corrected chi connectivity index (χ0v) is 11.7. The highest BCUT2D eigenvalue weighted by Gasteiger charge is 2.52. The van der Waals surface area contributed by atoms with Crippen LogP contribution in [-0.4, -0.2) is 42.9 Å². The molecule has 1 saturated heterocycles. The largest absolute Gasteiger partial charge is 0.481 e. The van der Waals surface area contributed by atoms with Crippen LogP contribution >= 0.6 is 0 Å². The van der Waals surface area contributed by atoms with Gasteiger partial charge in [-0.05, 0) is 24.7 Å². The summed E-state index contributed by atoms with van der Waals surface area (Å²) in [5.41, 5.74) is 0. The van der Waals surface area contributed by atoms with Crippen LogP contribution in [0.25, 0.3) is 0 Å². The Morgan fingerprint density at radius 2 is 1.80 bits per heavy atom. The first-order valence-electron chi connectivity index (χ1n) is 6.79. The first kappa shape index (κ1) is 13.6. The summed E-state index contributed by atoms with van der Waals surface area (Å²) in [6.45, 7) is 0. The van der Waals surface area contributed by atoms with Gasteiger partial charge in [0.15, 0.2) is 9.84 Å². The van der Waals surface area contributed by atoms with E-state index in [0.717, 1.165) is 0 Å². The molecule has 5 atom stereocenters. The van der Waals surface area contributed by atoms with Crippen molar-refractivity contribution >= 4 is 21.7 Å². The van der Waals surface area contributed by atoms with Crippen LogP contribution in [0.15, 0.2) is 12.2 Å². The maximum Gasteiger partial charge on any atom is 0.307 e. The van der Waals surface area contributed by atoms with Gasteiger partial charge in [-0.3, -0.25) is 9.59 Å². The van der Waals surface area contributed by atoms with Gasteiger partial charge in [0.1, 0.15) is 0 Å². The van der Waals surface area contributed by atoms with Gasteiger partial charge in [0.2, 0.25) is 5.91 Å². The van der Waals surface area contributed by atoms with Crippen molar-refractivity contribution in [1.29, 1.82) is 0 Å². The lowest BCUT2D eigenvalue weighted by Gasteiger charge is -2.25. The molecule has 2 aliphatic carbocycles. The average Bonchev–Trinajstić information content (AvgIpc) is 3.02. The second-order valence-corrected chi connectivity index (χ2v) is 8.18. The van der Waals surface area contributed by atoms with Gasteiger partial charge in [-0.2, -0.15) is 0 Å². The van der Waals surface area contributed by atoms with Gasteiger partial charge >= 0.3 is 5.97 Å². The number of carboxylic acids is 1. The lowest BCUT2D eigenvalue weighted by atomic mass is 9.82. The maximum atomic E-state index is 12.3. The molecular formula is C13H17NO5S. The van der Waals surface area contributed by atoms with E-state index in [1.165, 1.54) is 0 Å². The number of rotatable bonds is 3. The predicted octanol–water partition coefficient (Wildman–Crippen LogP) is -0.187. The van der Waals surface area contributed by atoms with E-state index in [2.05, 4.69) is 5.32 Å². The van der Waals surface area contributed by atoms with Crippen molar-refractivity contribution in [2.24, 2.45) is 23.7 Å². The van der Waals surface area contributed by atoms with E-state index in [4.69, 9.17) is 0 Å². The Bertz CT molecular complexity index is 582. The zero-order chi connectivity index (χ0) is 14.5. The topological polar surface area (TPSA) is 101 Å². The van der Waals surface area contributed by atoms with Crippen LogP contribution in [-0.2, 0) is 19.4 Å². The molecule has 1 heterocycles. The van der Waals surface area contributed by atoms with Gasteiger partial charge in [0.25, 0.3) is 0 Å². The fourth-order valence-corrected chi connectivity index (χ4v) is 5.40. The minimum Gasteiger partial charge on any atom is -0.481 e. The zero-order valence-electron chi connectivity index (χ0n) is 10.9. The fourth-order valence-electron chi connectivity index (χ4n) is 3.72. The number of carbonyl (C=O) groups is 2. The van der Waals surface area contributed by atoms with Gasteiger partial charge in [-0.25, -0.2) is 8.42 Å². The second-order valence-electron chi connectivity index (χ2n) is 5.95. The molecule has 0 spiro atoms. The Morgan fingerprint density at radius 1 is 1.15 bits per heavy atom. The highest BCUT2D eigenvalue weighted by Crippen LogP contribution is 2.48. The van der Waals surface area contributed by atoms with Crippen molar-refractivity contribution in [2.75, 3.05) is 11.5 Å². The normalized spacial score (nSPS) is 40.9. The number of nitrogens with one attached hydrogen (secondary N) is 1. The van der Waals surface area contributed by atoms with Crippen LogP contribution in [0.1, 0.15) is 12.8 Å². The van der Waals surface area contributed by atoms with Crippen molar-refractivity contribution < 1.29 is 23.1 Å². The lowest BCUT2D eigenvalue weighted by Crippen LogP contribution is -2.44. The SMILES string of the molecule is O=C(O)[C@@H]1[C@@H](C(=O)N[C@@H]2CCS(=O)(=O)C2)[C@H]2C=C[C@H]1C2. The minimum absolute atomic E-state index is 0.0286. The number of allylic oxidation sites excluding steroid dienone is 2. The standard InChI is InChI=1S/C13H17NO5S/c15-12(14-9-3-4-20(18,19)6-9)10-7-1-2-8(5-7)11(10)13(16)17/h1-2,7-11H,3-6H2,(H,14,15)(H,16,17)/t7-,8-,9+,10-,11-/m0/s1. The Labute approximate surface area is 117 Å². The van der Waals surface area contributed by atoms with E-state index in [9.17, 15) is 23.1 Å². The van der Waals surface area contributed by atoms with Crippen molar-refractivity contribution in [3.05, 3.63) is 12.2 Å². The molecule has 2 bridgehead atoms. The van der Waals surface area contributed by atoms with E-state index in [1.807, 2.05) is 12.2 Å². The number of hydrogen-bond donors (Lipinski definition) is 2. The van der Waals surface area contributed by atoms with E-state index in [0.29, 0.717) is 12.8 Å². The molecule has 6 nitrogen and oxygen atoms in total. The van der Waals surface area contributed by atoms with E-state index >= 15 is 0 Å². The summed E-state index contributed by atoms with van der Waals surface area (Å²) in [6.07, 6.45) is 4.92. The molecule has 3 aliphatic rings. The Hall–Kier alpha value is -1.37. The van der Waals surface area contributed by atoms with Gasteiger partial charge in [0, 0.05) is 6.04 Å². The first-order chi connectivity index (χ1) is 9.37. The van der Waals surface area contributed by atoms with Crippen molar-refractivity contribution in [3.63, 3.8) is 0 Å². The molecule has 0 aromatic heterocycles. The predicted molar refractivity (Wildman–Crippen MR) is 70.6 cm³/mol. The third-order valence-corrected chi connectivity index (χ3v) is 6.39. The number of carboxylic acid groups (broad SMARTS) is 1. The molecule has 0 aromatic carbocycles. The molecule has 1 saturated carbocycles. The third-order valence-electron chi connectivity index (χ3n) is 4.63. The first-order valence-corrected chi connectivity index (χ1v) is 8.61. The summed E-state index contributed by atoms with van der Waals surface area (Å²) >= 11 is 0. The molecular weight excluding hydrogens is 282 g/mol. The molecule has 2 fully saturated rings. The number of sulfone groups is 1. The molecule has 20 heavy (non-hydrogen) atoms. The summed E-state index contributed by atoms with van der Waals surface area (Å²) in [7, 11) is -3.05. The molecule has 3 rings (SSSR count). The van der Waals surface area contributed by atoms with Crippen LogP contribution in [0.5, 0.6) is 0 Å². The number of hydrogen-bond acceptors (Lipinski definition) is 4. The maximum absolute atomic E-state index is 12.3. The van der Waals surface area contributed by atoms with Gasteiger partial charge < -0.3 is 10.4 Å². The summed E-state index contributed by atoms with van der Waals surface area (Å²) in [5, 5.41) is 12.0. The van der Waals surface area contributed by atoms with E-state index in [-0.39, 0.29) is 35.3 Å². The van der Waals surface area contributed by atoms with Crippen LogP contribution in [0.4, 0.5) is 0 Å². The third kappa shape index (κ3) is 2.24. The summed E-state index contributed by atoms with van der Waals surface area (Å²) in [5.74, 6) is -2.53. The van der Waals surface area contributed by atoms with Crippen LogP contribution in [0, 0.1) is 23.7 Å². The van der Waals surface area contributed by atoms with Crippen molar-refractivity contribution in [3.8, 4) is 0 Å². The van der Waals surface area contributed by atoms with Crippen LogP contribution in [0.2, 0.25) is 0 Å². The Kier molecular flexibility index (Phi) is 3.12. The molecule has 1 amide bonds. The highest BCUT2D eigenvalue weighted by atomic mass is 32.2. The fraction of sp³-hybridized carbons (Fsp3) is 0.692. The minimum atomic E-state index is -3.05. The second kappa shape index (κ2) is 4.58. The highest BCUT2D eigenvalue weighted by molar-refractivity contribution is 7.91. The summed E-state index contributed by atoms with van der Waals surface area (Å²) < 4.78 is 22.8. The summed E-state index contributed by atoms with van der Waals surface area (Å²) in [4.78, 5) is 23.7. The Morgan fingerprint density at radius 3 is 2.35 bits per heavy atom.